The van der Waals surface area contributed by atoms with Gasteiger partial charge in [0.1, 0.15) is 12.4 Å². The fourth-order valence-corrected chi connectivity index (χ4v) is 1.75. The lowest BCUT2D eigenvalue weighted by atomic mass is 10.2. The molecule has 0 saturated carbocycles. The number of amides is 3. The van der Waals surface area contributed by atoms with Crippen LogP contribution in [0.4, 0.5) is 10.5 Å². The summed E-state index contributed by atoms with van der Waals surface area (Å²) in [6.07, 6.45) is 0. The van der Waals surface area contributed by atoms with Crippen molar-refractivity contribution in [1.82, 2.24) is 5.32 Å². The van der Waals surface area contributed by atoms with Crippen molar-refractivity contribution in [2.45, 2.75) is 6.61 Å². The molecule has 4 N–H and O–H groups in total. The van der Waals surface area contributed by atoms with Crippen LogP contribution in [0, 0.1) is 0 Å². The highest BCUT2D eigenvalue weighted by Gasteiger charge is 2.03. The lowest BCUT2D eigenvalue weighted by Gasteiger charge is -2.08. The zero-order valence-electron chi connectivity index (χ0n) is 11.9. The van der Waals surface area contributed by atoms with E-state index in [0.29, 0.717) is 18.0 Å². The monoisotopic (exact) mass is 299 g/mol. The highest BCUT2D eigenvalue weighted by atomic mass is 16.5. The number of benzene rings is 2. The average molecular weight is 299 g/mol. The van der Waals surface area contributed by atoms with Crippen LogP contribution in [0.25, 0.3) is 0 Å². The van der Waals surface area contributed by atoms with E-state index in [0.717, 1.165) is 5.56 Å². The van der Waals surface area contributed by atoms with Crippen molar-refractivity contribution in [2.24, 2.45) is 5.73 Å². The maximum atomic E-state index is 11.5. The number of anilines is 1. The first-order valence-corrected chi connectivity index (χ1v) is 6.73. The normalized spacial score (nSPS) is 9.82. The Morgan fingerprint density at radius 2 is 1.68 bits per heavy atom. The van der Waals surface area contributed by atoms with Gasteiger partial charge in [-0.05, 0) is 29.8 Å². The van der Waals surface area contributed by atoms with E-state index in [1.165, 1.54) is 0 Å². The Hall–Kier alpha value is -3.02. The summed E-state index contributed by atoms with van der Waals surface area (Å²) in [5.41, 5.74) is 6.58. The number of hydrogen-bond acceptors (Lipinski definition) is 3. The molecule has 6 nitrogen and oxygen atoms in total. The highest BCUT2D eigenvalue weighted by molar-refractivity contribution is 5.94. The van der Waals surface area contributed by atoms with Gasteiger partial charge in [-0.3, -0.25) is 4.79 Å². The van der Waals surface area contributed by atoms with Crippen molar-refractivity contribution in [3.8, 4) is 5.75 Å². The van der Waals surface area contributed by atoms with Crippen LogP contribution < -0.4 is 21.1 Å². The van der Waals surface area contributed by atoms with Gasteiger partial charge in [0.2, 0.25) is 5.91 Å². The van der Waals surface area contributed by atoms with Crippen molar-refractivity contribution in [3.05, 3.63) is 60.2 Å². The number of urea groups is 1. The summed E-state index contributed by atoms with van der Waals surface area (Å²) in [7, 11) is 0. The zero-order valence-corrected chi connectivity index (χ0v) is 11.9. The first kappa shape index (κ1) is 15.4. The molecule has 2 aromatic carbocycles. The maximum Gasteiger partial charge on any atom is 0.312 e. The van der Waals surface area contributed by atoms with Crippen LogP contribution in [0.2, 0.25) is 0 Å². The highest BCUT2D eigenvalue weighted by Crippen LogP contribution is 2.17. The molecule has 0 aliphatic carbocycles. The minimum absolute atomic E-state index is 0.165. The molecule has 0 spiro atoms. The predicted molar refractivity (Wildman–Crippen MR) is 83.4 cm³/mol. The molecule has 0 bridgehead atoms. The lowest BCUT2D eigenvalue weighted by Crippen LogP contribution is -2.36. The topological polar surface area (TPSA) is 93.5 Å². The molecule has 114 valence electrons. The van der Waals surface area contributed by atoms with E-state index in [1.54, 1.807) is 24.3 Å². The van der Waals surface area contributed by atoms with Gasteiger partial charge in [0.15, 0.2) is 0 Å². The molecule has 0 aliphatic rings. The van der Waals surface area contributed by atoms with E-state index in [9.17, 15) is 9.59 Å². The summed E-state index contributed by atoms with van der Waals surface area (Å²) in [5, 5.41) is 4.85. The van der Waals surface area contributed by atoms with Crippen molar-refractivity contribution in [1.29, 1.82) is 0 Å². The van der Waals surface area contributed by atoms with Crippen LogP contribution in [0.1, 0.15) is 5.56 Å². The second-order valence-electron chi connectivity index (χ2n) is 4.56. The fraction of sp³-hybridized carbons (Fsp3) is 0.125. The Balaban J connectivity index is 1.82. The molecule has 6 heteroatoms. The molecule has 0 aromatic heterocycles. The van der Waals surface area contributed by atoms with Crippen LogP contribution in [0.15, 0.2) is 54.6 Å². The Labute approximate surface area is 128 Å². The summed E-state index contributed by atoms with van der Waals surface area (Å²) >= 11 is 0. The number of rotatable bonds is 6. The van der Waals surface area contributed by atoms with Gasteiger partial charge >= 0.3 is 6.03 Å². The summed E-state index contributed by atoms with van der Waals surface area (Å²) in [6, 6.07) is 16.1. The second kappa shape index (κ2) is 7.68. The van der Waals surface area contributed by atoms with Crippen LogP contribution in [0.5, 0.6) is 5.75 Å². The van der Waals surface area contributed by atoms with Gasteiger partial charge in [0.05, 0.1) is 6.54 Å². The smallest absolute Gasteiger partial charge is 0.312 e. The summed E-state index contributed by atoms with van der Waals surface area (Å²) in [5.74, 6) is 0.355. The molecular formula is C16H17N3O3. The van der Waals surface area contributed by atoms with Crippen molar-refractivity contribution in [2.75, 3.05) is 11.9 Å². The Bertz CT molecular complexity index is 627. The van der Waals surface area contributed by atoms with Gasteiger partial charge in [-0.1, -0.05) is 30.3 Å². The molecule has 0 atom stereocenters. The third-order valence-electron chi connectivity index (χ3n) is 2.81. The van der Waals surface area contributed by atoms with E-state index >= 15 is 0 Å². The van der Waals surface area contributed by atoms with E-state index in [-0.39, 0.29) is 12.5 Å². The largest absolute Gasteiger partial charge is 0.489 e. The van der Waals surface area contributed by atoms with E-state index in [2.05, 4.69) is 10.6 Å². The number of primary amides is 1. The van der Waals surface area contributed by atoms with Gasteiger partial charge in [0, 0.05) is 5.69 Å². The molecule has 0 aliphatic heterocycles. The van der Waals surface area contributed by atoms with Gasteiger partial charge < -0.3 is 21.1 Å². The number of nitrogens with two attached hydrogens (primary N) is 1. The molecule has 0 heterocycles. The quantitative estimate of drug-likeness (QED) is 0.760. The molecule has 0 radical (unpaired) electrons. The lowest BCUT2D eigenvalue weighted by molar-refractivity contribution is -0.115. The molecule has 3 amide bonds. The van der Waals surface area contributed by atoms with E-state index in [1.807, 2.05) is 30.3 Å². The fourth-order valence-electron chi connectivity index (χ4n) is 1.75. The van der Waals surface area contributed by atoms with Crippen molar-refractivity contribution in [3.63, 3.8) is 0 Å². The number of hydrogen-bond donors (Lipinski definition) is 3. The zero-order chi connectivity index (χ0) is 15.8. The van der Waals surface area contributed by atoms with Gasteiger partial charge in [-0.15, -0.1) is 0 Å². The molecule has 2 rings (SSSR count). The Morgan fingerprint density at radius 3 is 2.32 bits per heavy atom. The predicted octanol–water partition coefficient (Wildman–Crippen LogP) is 1.87. The molecule has 2 aromatic rings. The number of nitrogens with one attached hydrogen (secondary N) is 2. The molecule has 0 fully saturated rings. The van der Waals surface area contributed by atoms with Gasteiger partial charge in [-0.2, -0.15) is 0 Å². The van der Waals surface area contributed by atoms with E-state index < -0.39 is 6.03 Å². The molecular weight excluding hydrogens is 282 g/mol. The summed E-state index contributed by atoms with van der Waals surface area (Å²) in [4.78, 5) is 22.0. The third-order valence-corrected chi connectivity index (χ3v) is 2.81. The van der Waals surface area contributed by atoms with Crippen LogP contribution in [-0.2, 0) is 11.4 Å². The van der Waals surface area contributed by atoms with Crippen LogP contribution >= 0.6 is 0 Å². The Kier molecular flexibility index (Phi) is 5.37. The summed E-state index contributed by atoms with van der Waals surface area (Å²) in [6.45, 7) is 0.316. The Morgan fingerprint density at radius 1 is 1.00 bits per heavy atom. The van der Waals surface area contributed by atoms with Crippen molar-refractivity contribution < 1.29 is 14.3 Å². The molecule has 0 saturated heterocycles. The van der Waals surface area contributed by atoms with E-state index in [4.69, 9.17) is 10.5 Å². The van der Waals surface area contributed by atoms with Crippen LogP contribution in [0.3, 0.4) is 0 Å². The molecule has 0 unspecified atom stereocenters. The average Bonchev–Trinajstić information content (AvgIpc) is 2.53. The number of ether oxygens (including phenoxy) is 1. The minimum atomic E-state index is -0.736. The number of carbonyl (C=O) groups is 2. The van der Waals surface area contributed by atoms with Crippen molar-refractivity contribution >= 4 is 17.6 Å². The maximum absolute atomic E-state index is 11.5. The van der Waals surface area contributed by atoms with Crippen LogP contribution in [-0.4, -0.2) is 18.5 Å². The minimum Gasteiger partial charge on any atom is -0.489 e. The number of carbonyl (C=O) groups excluding carboxylic acids is 2. The first-order chi connectivity index (χ1) is 10.6. The summed E-state index contributed by atoms with van der Waals surface area (Å²) < 4.78 is 5.64. The third kappa shape index (κ3) is 5.16. The standard InChI is InChI=1S/C16H17N3O3/c17-16(21)18-10-15(20)19-13-6-8-14(9-7-13)22-11-12-4-2-1-3-5-12/h1-9H,10-11H2,(H,19,20)(H3,17,18,21). The van der Waals surface area contributed by atoms with Gasteiger partial charge in [0.25, 0.3) is 0 Å². The van der Waals surface area contributed by atoms with Gasteiger partial charge in [-0.25, -0.2) is 4.79 Å². The SMILES string of the molecule is NC(=O)NCC(=O)Nc1ccc(OCc2ccccc2)cc1. The second-order valence-corrected chi connectivity index (χ2v) is 4.56. The molecule has 22 heavy (non-hydrogen) atoms. The first-order valence-electron chi connectivity index (χ1n) is 6.73.